The second-order valence-electron chi connectivity index (χ2n) is 6.21. The number of piperidine rings is 1. The van der Waals surface area contributed by atoms with E-state index in [-0.39, 0.29) is 5.25 Å². The van der Waals surface area contributed by atoms with Crippen molar-refractivity contribution in [2.45, 2.75) is 44.5 Å². The van der Waals surface area contributed by atoms with Gasteiger partial charge in [0.2, 0.25) is 10.0 Å². The van der Waals surface area contributed by atoms with Gasteiger partial charge in [-0.3, -0.25) is 4.90 Å². The molecule has 1 atom stereocenters. The van der Waals surface area contributed by atoms with Gasteiger partial charge in [-0.05, 0) is 33.2 Å². The Morgan fingerprint density at radius 2 is 2.14 bits per heavy atom. The minimum Gasteiger partial charge on any atom is -0.331 e. The maximum absolute atomic E-state index is 12.3. The smallest absolute Gasteiger partial charge is 0.217 e. The summed E-state index contributed by atoms with van der Waals surface area (Å²) in [6.07, 6.45) is 5.40. The van der Waals surface area contributed by atoms with Gasteiger partial charge in [0, 0.05) is 39.4 Å². The SMILES string of the molecule is CC(C)n1cncc1CN1CCC[C@H](S(=O)(=O)N(C)C)C1. The van der Waals surface area contributed by atoms with Crippen molar-refractivity contribution in [1.82, 2.24) is 18.8 Å². The van der Waals surface area contributed by atoms with Crippen LogP contribution in [0.2, 0.25) is 0 Å². The summed E-state index contributed by atoms with van der Waals surface area (Å²) in [5.41, 5.74) is 1.15. The topological polar surface area (TPSA) is 58.4 Å². The fraction of sp³-hybridized carbons (Fsp3) is 0.786. The zero-order chi connectivity index (χ0) is 15.6. The lowest BCUT2D eigenvalue weighted by Crippen LogP contribution is -2.45. The van der Waals surface area contributed by atoms with Gasteiger partial charge in [0.25, 0.3) is 0 Å². The highest BCUT2D eigenvalue weighted by Crippen LogP contribution is 2.21. The number of hydrogen-bond donors (Lipinski definition) is 0. The molecule has 0 unspecified atom stereocenters. The normalized spacial score (nSPS) is 21.3. The molecule has 1 aromatic heterocycles. The van der Waals surface area contributed by atoms with Crippen molar-refractivity contribution < 1.29 is 8.42 Å². The molecule has 2 heterocycles. The van der Waals surface area contributed by atoms with E-state index in [2.05, 4.69) is 28.3 Å². The highest BCUT2D eigenvalue weighted by atomic mass is 32.2. The minimum absolute atomic E-state index is 0.295. The molecular weight excluding hydrogens is 288 g/mol. The zero-order valence-electron chi connectivity index (χ0n) is 13.4. The van der Waals surface area contributed by atoms with Crippen LogP contribution < -0.4 is 0 Å². The summed E-state index contributed by atoms with van der Waals surface area (Å²) in [6, 6.07) is 0.369. The molecule has 1 aliphatic rings. The second-order valence-corrected chi connectivity index (χ2v) is 8.64. The third kappa shape index (κ3) is 3.64. The molecule has 0 bridgehead atoms. The molecule has 0 amide bonds. The third-order valence-electron chi connectivity index (χ3n) is 4.08. The molecule has 7 heteroatoms. The van der Waals surface area contributed by atoms with E-state index < -0.39 is 10.0 Å². The van der Waals surface area contributed by atoms with Crippen molar-refractivity contribution in [3.05, 3.63) is 18.2 Å². The number of likely N-dealkylation sites (tertiary alicyclic amines) is 1. The average molecular weight is 314 g/mol. The van der Waals surface area contributed by atoms with Gasteiger partial charge in [-0.1, -0.05) is 0 Å². The van der Waals surface area contributed by atoms with E-state index in [1.807, 2.05) is 12.5 Å². The Morgan fingerprint density at radius 1 is 1.43 bits per heavy atom. The Hall–Kier alpha value is -0.920. The maximum Gasteiger partial charge on any atom is 0.217 e. The first-order valence-electron chi connectivity index (χ1n) is 7.46. The lowest BCUT2D eigenvalue weighted by molar-refractivity contribution is 0.214. The molecule has 2 rings (SSSR count). The van der Waals surface area contributed by atoms with Crippen LogP contribution in [0, 0.1) is 0 Å². The molecule has 1 fully saturated rings. The summed E-state index contributed by atoms with van der Waals surface area (Å²) in [5.74, 6) is 0. The molecule has 0 saturated carbocycles. The first kappa shape index (κ1) is 16.5. The Labute approximate surface area is 127 Å². The predicted octanol–water partition coefficient (Wildman–Crippen LogP) is 1.32. The van der Waals surface area contributed by atoms with Crippen LogP contribution in [0.25, 0.3) is 0 Å². The van der Waals surface area contributed by atoms with Gasteiger partial charge in [-0.2, -0.15) is 0 Å². The number of sulfonamides is 1. The van der Waals surface area contributed by atoms with Gasteiger partial charge in [0.05, 0.1) is 17.3 Å². The van der Waals surface area contributed by atoms with Crippen LogP contribution in [0.1, 0.15) is 38.4 Å². The van der Waals surface area contributed by atoms with Gasteiger partial charge in [-0.15, -0.1) is 0 Å². The Bertz CT molecular complexity index is 565. The number of aromatic nitrogens is 2. The van der Waals surface area contributed by atoms with Crippen LogP contribution in [-0.4, -0.2) is 59.6 Å². The summed E-state index contributed by atoms with van der Waals surface area (Å²) >= 11 is 0. The molecule has 21 heavy (non-hydrogen) atoms. The fourth-order valence-corrected chi connectivity index (χ4v) is 4.31. The van der Waals surface area contributed by atoms with Crippen LogP contribution in [0.3, 0.4) is 0 Å². The van der Waals surface area contributed by atoms with E-state index in [0.717, 1.165) is 31.6 Å². The fourth-order valence-electron chi connectivity index (χ4n) is 2.85. The highest BCUT2D eigenvalue weighted by molar-refractivity contribution is 7.89. The zero-order valence-corrected chi connectivity index (χ0v) is 14.2. The average Bonchev–Trinajstić information content (AvgIpc) is 2.87. The van der Waals surface area contributed by atoms with Crippen LogP contribution in [-0.2, 0) is 16.6 Å². The van der Waals surface area contributed by atoms with Crippen molar-refractivity contribution in [3.8, 4) is 0 Å². The van der Waals surface area contributed by atoms with E-state index in [4.69, 9.17) is 0 Å². The molecule has 120 valence electrons. The summed E-state index contributed by atoms with van der Waals surface area (Å²) in [5, 5.41) is -0.295. The van der Waals surface area contributed by atoms with Crippen molar-refractivity contribution in [3.63, 3.8) is 0 Å². The van der Waals surface area contributed by atoms with Gasteiger partial charge in [0.1, 0.15) is 0 Å². The predicted molar refractivity (Wildman–Crippen MR) is 83.5 cm³/mol. The maximum atomic E-state index is 12.3. The first-order valence-corrected chi connectivity index (χ1v) is 8.97. The lowest BCUT2D eigenvalue weighted by Gasteiger charge is -2.33. The van der Waals surface area contributed by atoms with Gasteiger partial charge in [-0.25, -0.2) is 17.7 Å². The standard InChI is InChI=1S/C14H26N4O2S/c1-12(2)18-11-15-8-13(18)9-17-7-5-6-14(10-17)21(19,20)16(3)4/h8,11-12,14H,5-7,9-10H2,1-4H3/t14-/m0/s1. The van der Waals surface area contributed by atoms with E-state index >= 15 is 0 Å². The van der Waals surface area contributed by atoms with E-state index in [9.17, 15) is 8.42 Å². The second kappa shape index (κ2) is 6.46. The summed E-state index contributed by atoms with van der Waals surface area (Å²) in [6.45, 7) is 6.56. The summed E-state index contributed by atoms with van der Waals surface area (Å²) in [4.78, 5) is 6.44. The molecular formula is C14H26N4O2S. The summed E-state index contributed by atoms with van der Waals surface area (Å²) < 4.78 is 28.1. The van der Waals surface area contributed by atoms with Crippen LogP contribution in [0.4, 0.5) is 0 Å². The monoisotopic (exact) mass is 314 g/mol. The third-order valence-corrected chi connectivity index (χ3v) is 6.33. The van der Waals surface area contributed by atoms with Crippen LogP contribution in [0.15, 0.2) is 12.5 Å². The Morgan fingerprint density at radius 3 is 2.76 bits per heavy atom. The molecule has 0 radical (unpaired) electrons. The van der Waals surface area contributed by atoms with Crippen molar-refractivity contribution in [2.75, 3.05) is 27.2 Å². The van der Waals surface area contributed by atoms with E-state index in [1.165, 1.54) is 4.31 Å². The van der Waals surface area contributed by atoms with Crippen molar-refractivity contribution >= 4 is 10.0 Å². The number of hydrogen-bond acceptors (Lipinski definition) is 4. The molecule has 0 spiro atoms. The molecule has 0 aliphatic carbocycles. The molecule has 0 N–H and O–H groups in total. The van der Waals surface area contributed by atoms with Crippen LogP contribution in [0.5, 0.6) is 0 Å². The minimum atomic E-state index is -3.17. The van der Waals surface area contributed by atoms with E-state index in [1.54, 1.807) is 14.1 Å². The Balaban J connectivity index is 2.07. The molecule has 1 aliphatic heterocycles. The Kier molecular flexibility index (Phi) is 5.06. The van der Waals surface area contributed by atoms with Gasteiger partial charge in [0.15, 0.2) is 0 Å². The van der Waals surface area contributed by atoms with Crippen LogP contribution >= 0.6 is 0 Å². The van der Waals surface area contributed by atoms with E-state index in [0.29, 0.717) is 12.6 Å². The van der Waals surface area contributed by atoms with Gasteiger partial charge < -0.3 is 4.57 Å². The quantitative estimate of drug-likeness (QED) is 0.822. The first-order chi connectivity index (χ1) is 9.82. The number of rotatable bonds is 5. The van der Waals surface area contributed by atoms with Gasteiger partial charge >= 0.3 is 0 Å². The number of nitrogens with zero attached hydrogens (tertiary/aromatic N) is 4. The largest absolute Gasteiger partial charge is 0.331 e. The van der Waals surface area contributed by atoms with Crippen molar-refractivity contribution in [2.24, 2.45) is 0 Å². The van der Waals surface area contributed by atoms with Crippen molar-refractivity contribution in [1.29, 1.82) is 0 Å². The summed E-state index contributed by atoms with van der Waals surface area (Å²) in [7, 11) is 0.0574. The number of imidazole rings is 1. The highest BCUT2D eigenvalue weighted by Gasteiger charge is 2.32. The molecule has 1 saturated heterocycles. The molecule has 1 aromatic rings. The molecule has 0 aromatic carbocycles. The molecule has 6 nitrogen and oxygen atoms in total. The lowest BCUT2D eigenvalue weighted by atomic mass is 10.1.